The first-order valence-electron chi connectivity index (χ1n) is 6.89. The van der Waals surface area contributed by atoms with Gasteiger partial charge in [-0.3, -0.25) is 0 Å². The molecule has 0 radical (unpaired) electrons. The Balaban J connectivity index is 1.81. The summed E-state index contributed by atoms with van der Waals surface area (Å²) in [5, 5.41) is 0. The van der Waals surface area contributed by atoms with Gasteiger partial charge in [-0.25, -0.2) is 0 Å². The Labute approximate surface area is 107 Å². The summed E-state index contributed by atoms with van der Waals surface area (Å²) >= 11 is 0. The average molecular weight is 233 g/mol. The van der Waals surface area contributed by atoms with Crippen molar-refractivity contribution in [1.82, 2.24) is 0 Å². The van der Waals surface area contributed by atoms with Gasteiger partial charge in [0.15, 0.2) is 0 Å². The molecule has 1 heteroatoms. The fourth-order valence-corrected chi connectivity index (χ4v) is 4.38. The maximum atomic E-state index is 2.62. The Morgan fingerprint density at radius 2 is 2.06 bits per heavy atom. The molecule has 0 fully saturated rings. The van der Waals surface area contributed by atoms with E-state index in [9.17, 15) is 0 Å². The summed E-state index contributed by atoms with van der Waals surface area (Å²) in [6.07, 6.45) is 11.9. The van der Waals surface area contributed by atoms with Crippen LogP contribution in [0.5, 0.6) is 0 Å². The summed E-state index contributed by atoms with van der Waals surface area (Å²) in [6, 6.07) is 9.62. The first-order valence-corrected chi connectivity index (χ1v) is 6.89. The second-order valence-electron chi connectivity index (χ2n) is 5.73. The molecule has 1 aromatic carbocycles. The van der Waals surface area contributed by atoms with Crippen molar-refractivity contribution < 1.29 is 0 Å². The molecule has 2 aliphatic carbocycles. The summed E-state index contributed by atoms with van der Waals surface area (Å²) < 4.78 is 0. The van der Waals surface area contributed by atoms with Crippen LogP contribution in [0.15, 0.2) is 59.8 Å². The third-order valence-corrected chi connectivity index (χ3v) is 5.02. The van der Waals surface area contributed by atoms with E-state index in [0.717, 1.165) is 5.92 Å². The minimum Gasteiger partial charge on any atom is -0.337 e. The molecule has 0 amide bonds. The molecule has 0 spiro atoms. The molecular weight excluding hydrogens is 218 g/mol. The van der Waals surface area contributed by atoms with E-state index in [1.54, 1.807) is 5.57 Å². The number of benzene rings is 1. The van der Waals surface area contributed by atoms with Crippen molar-refractivity contribution in [3.8, 4) is 0 Å². The normalized spacial score (nSPS) is 34.0. The quantitative estimate of drug-likeness (QED) is 0.617. The number of hydrogen-bond acceptors (Lipinski definition) is 1. The van der Waals surface area contributed by atoms with Crippen LogP contribution in [0, 0.1) is 5.92 Å². The Bertz CT molecular complexity index is 635. The van der Waals surface area contributed by atoms with E-state index in [4.69, 9.17) is 0 Å². The maximum Gasteiger partial charge on any atom is 0.0515 e. The van der Waals surface area contributed by atoms with Gasteiger partial charge in [-0.05, 0) is 36.1 Å². The first-order chi connectivity index (χ1) is 8.95. The standard InChI is InChI=1S/C17H15N/c1-2-9-15-11(5-1)13-7-3-8-14-12-6-4-10-16(12)18(15)17(13)14/h1-5,7,9-10,13-14,17H,6,8H2. The third-order valence-electron chi connectivity index (χ3n) is 5.02. The van der Waals surface area contributed by atoms with Crippen molar-refractivity contribution in [2.24, 2.45) is 5.92 Å². The Kier molecular flexibility index (Phi) is 1.52. The van der Waals surface area contributed by atoms with Crippen LogP contribution in [0.2, 0.25) is 0 Å². The van der Waals surface area contributed by atoms with Crippen molar-refractivity contribution in [3.05, 3.63) is 65.4 Å². The maximum absolute atomic E-state index is 2.62. The summed E-state index contributed by atoms with van der Waals surface area (Å²) in [5.74, 6) is 1.36. The van der Waals surface area contributed by atoms with E-state index < -0.39 is 0 Å². The van der Waals surface area contributed by atoms with Crippen LogP contribution in [0.3, 0.4) is 0 Å². The molecule has 3 atom stereocenters. The SMILES string of the molecule is C1=CC2=C(C1)C1CC=CC3c4ccccc4N2C13. The lowest BCUT2D eigenvalue weighted by molar-refractivity contribution is 0.465. The van der Waals surface area contributed by atoms with Gasteiger partial charge in [0, 0.05) is 23.2 Å². The topological polar surface area (TPSA) is 3.24 Å². The zero-order chi connectivity index (χ0) is 11.7. The van der Waals surface area contributed by atoms with Gasteiger partial charge in [0.2, 0.25) is 0 Å². The molecule has 4 aliphatic rings. The van der Waals surface area contributed by atoms with E-state index in [2.05, 4.69) is 53.5 Å². The minimum atomic E-state index is 0.610. The highest BCUT2D eigenvalue weighted by Gasteiger charge is 2.50. The number of allylic oxidation sites excluding steroid dienone is 3. The number of rotatable bonds is 0. The van der Waals surface area contributed by atoms with Crippen LogP contribution in [0.25, 0.3) is 0 Å². The molecule has 0 aromatic heterocycles. The van der Waals surface area contributed by atoms with Crippen molar-refractivity contribution in [2.45, 2.75) is 24.8 Å². The van der Waals surface area contributed by atoms with Gasteiger partial charge in [0.05, 0.1) is 6.04 Å². The second kappa shape index (κ2) is 2.97. The van der Waals surface area contributed by atoms with Crippen LogP contribution < -0.4 is 4.90 Å². The summed E-state index contributed by atoms with van der Waals surface area (Å²) in [4.78, 5) is 2.62. The number of anilines is 1. The van der Waals surface area contributed by atoms with Gasteiger partial charge in [0.25, 0.3) is 0 Å². The highest BCUT2D eigenvalue weighted by atomic mass is 15.2. The summed E-state index contributed by atoms with van der Waals surface area (Å²) in [7, 11) is 0. The number of nitrogens with zero attached hydrogens (tertiary/aromatic N) is 1. The predicted molar refractivity (Wildman–Crippen MR) is 73.5 cm³/mol. The van der Waals surface area contributed by atoms with Crippen molar-refractivity contribution in [1.29, 1.82) is 0 Å². The number of hydrogen-bond donors (Lipinski definition) is 0. The molecule has 0 saturated carbocycles. The number of para-hydroxylation sites is 1. The van der Waals surface area contributed by atoms with Crippen LogP contribution in [-0.2, 0) is 0 Å². The molecule has 2 aliphatic heterocycles. The van der Waals surface area contributed by atoms with Gasteiger partial charge >= 0.3 is 0 Å². The zero-order valence-electron chi connectivity index (χ0n) is 10.2. The largest absolute Gasteiger partial charge is 0.337 e. The molecular formula is C17H15N. The zero-order valence-corrected chi connectivity index (χ0v) is 10.2. The Morgan fingerprint density at radius 3 is 3.06 bits per heavy atom. The monoisotopic (exact) mass is 233 g/mol. The molecule has 88 valence electrons. The predicted octanol–water partition coefficient (Wildman–Crippen LogP) is 3.76. The van der Waals surface area contributed by atoms with E-state index in [1.165, 1.54) is 29.8 Å². The molecule has 3 unspecified atom stereocenters. The average Bonchev–Trinajstić information content (AvgIpc) is 3.06. The van der Waals surface area contributed by atoms with E-state index in [-0.39, 0.29) is 0 Å². The second-order valence-corrected chi connectivity index (χ2v) is 5.73. The molecule has 0 saturated heterocycles. The summed E-state index contributed by atoms with van der Waals surface area (Å²) in [6.45, 7) is 0. The Hall–Kier alpha value is -1.76. The van der Waals surface area contributed by atoms with Crippen LogP contribution in [0.4, 0.5) is 5.69 Å². The van der Waals surface area contributed by atoms with Gasteiger partial charge in [-0.1, -0.05) is 36.4 Å². The highest BCUT2D eigenvalue weighted by molar-refractivity contribution is 5.73. The van der Waals surface area contributed by atoms with E-state index in [1.807, 2.05) is 0 Å². The van der Waals surface area contributed by atoms with E-state index >= 15 is 0 Å². The van der Waals surface area contributed by atoms with E-state index in [0.29, 0.717) is 12.0 Å². The fraction of sp³-hybridized carbons (Fsp3) is 0.294. The van der Waals surface area contributed by atoms with Crippen LogP contribution >= 0.6 is 0 Å². The van der Waals surface area contributed by atoms with Crippen molar-refractivity contribution in [3.63, 3.8) is 0 Å². The molecule has 18 heavy (non-hydrogen) atoms. The van der Waals surface area contributed by atoms with Crippen LogP contribution in [-0.4, -0.2) is 6.04 Å². The van der Waals surface area contributed by atoms with Crippen LogP contribution in [0.1, 0.15) is 24.3 Å². The molecule has 2 heterocycles. The highest BCUT2D eigenvalue weighted by Crippen LogP contribution is 2.56. The lowest BCUT2D eigenvalue weighted by atomic mass is 9.78. The van der Waals surface area contributed by atoms with Crippen molar-refractivity contribution >= 4 is 5.69 Å². The van der Waals surface area contributed by atoms with Gasteiger partial charge < -0.3 is 4.90 Å². The van der Waals surface area contributed by atoms with Gasteiger partial charge in [0.1, 0.15) is 0 Å². The Morgan fingerprint density at radius 1 is 1.11 bits per heavy atom. The molecule has 0 N–H and O–H groups in total. The summed E-state index contributed by atoms with van der Waals surface area (Å²) in [5.41, 5.74) is 6.16. The minimum absolute atomic E-state index is 0.610. The fourth-order valence-electron chi connectivity index (χ4n) is 4.38. The lowest BCUT2D eigenvalue weighted by Gasteiger charge is -2.31. The smallest absolute Gasteiger partial charge is 0.0515 e. The molecule has 1 nitrogen and oxygen atoms in total. The molecule has 0 bridgehead atoms. The molecule has 5 rings (SSSR count). The lowest BCUT2D eigenvalue weighted by Crippen LogP contribution is -2.34. The van der Waals surface area contributed by atoms with Crippen molar-refractivity contribution in [2.75, 3.05) is 4.90 Å². The number of fused-ring (bicyclic) bond motifs is 5. The first kappa shape index (κ1) is 9.21. The third kappa shape index (κ3) is 0.881. The van der Waals surface area contributed by atoms with Gasteiger partial charge in [-0.2, -0.15) is 0 Å². The molecule has 1 aromatic rings. The van der Waals surface area contributed by atoms with Gasteiger partial charge in [-0.15, -0.1) is 0 Å².